The third-order valence-electron chi connectivity index (χ3n) is 4.85. The molecule has 0 bridgehead atoms. The molecule has 8 nitrogen and oxygen atoms in total. The number of esters is 1. The van der Waals surface area contributed by atoms with Crippen molar-refractivity contribution in [1.82, 2.24) is 9.38 Å². The number of carbonyl (C=O) groups excluding carboxylic acids is 2. The van der Waals surface area contributed by atoms with Gasteiger partial charge in [-0.3, -0.25) is 18.8 Å². The van der Waals surface area contributed by atoms with E-state index in [9.17, 15) is 14.4 Å². The number of hydrogen-bond donors (Lipinski definition) is 0. The van der Waals surface area contributed by atoms with Crippen LogP contribution < -0.4 is 15.2 Å². The van der Waals surface area contributed by atoms with Crippen LogP contribution in [0.15, 0.2) is 53.5 Å². The van der Waals surface area contributed by atoms with Gasteiger partial charge in [-0.05, 0) is 37.6 Å². The number of ether oxygens (including phenoxy) is 2. The third-order valence-corrected chi connectivity index (χ3v) is 4.85. The molecule has 0 aliphatic carbocycles. The van der Waals surface area contributed by atoms with Crippen molar-refractivity contribution in [2.24, 2.45) is 0 Å². The fourth-order valence-electron chi connectivity index (χ4n) is 3.35. The molecule has 154 valence electrons. The fourth-order valence-corrected chi connectivity index (χ4v) is 3.35. The summed E-state index contributed by atoms with van der Waals surface area (Å²) in [7, 11) is 0. The van der Waals surface area contributed by atoms with Crippen LogP contribution in [0.2, 0.25) is 0 Å². The number of benzene rings is 1. The summed E-state index contributed by atoms with van der Waals surface area (Å²) in [6.45, 7) is 3.63. The van der Waals surface area contributed by atoms with Gasteiger partial charge in [0.05, 0.1) is 17.8 Å². The summed E-state index contributed by atoms with van der Waals surface area (Å²) in [4.78, 5) is 42.8. The Morgan fingerprint density at radius 1 is 1.20 bits per heavy atom. The molecule has 3 heterocycles. The van der Waals surface area contributed by atoms with Crippen LogP contribution in [0.3, 0.4) is 0 Å². The maximum Gasteiger partial charge on any atom is 0.307 e. The van der Waals surface area contributed by atoms with E-state index in [4.69, 9.17) is 9.47 Å². The normalized spacial score (nSPS) is 15.6. The summed E-state index contributed by atoms with van der Waals surface area (Å²) in [5, 5.41) is 0. The minimum Gasteiger partial charge on any atom is -0.479 e. The van der Waals surface area contributed by atoms with Gasteiger partial charge in [0.15, 0.2) is 6.10 Å². The second-order valence-corrected chi connectivity index (χ2v) is 7.15. The number of fused-ring (bicyclic) bond motifs is 2. The van der Waals surface area contributed by atoms with Crippen LogP contribution in [-0.4, -0.2) is 33.9 Å². The fraction of sp³-hybridized carbons (Fsp3) is 0.273. The predicted molar refractivity (Wildman–Crippen MR) is 109 cm³/mol. The number of pyridine rings is 1. The van der Waals surface area contributed by atoms with Crippen molar-refractivity contribution < 1.29 is 19.1 Å². The number of hydrogen-bond acceptors (Lipinski definition) is 6. The molecule has 0 fully saturated rings. The molecule has 8 heteroatoms. The first-order valence-corrected chi connectivity index (χ1v) is 9.64. The van der Waals surface area contributed by atoms with Crippen molar-refractivity contribution in [1.29, 1.82) is 0 Å². The largest absolute Gasteiger partial charge is 0.479 e. The van der Waals surface area contributed by atoms with Crippen LogP contribution in [0.4, 0.5) is 5.69 Å². The van der Waals surface area contributed by atoms with Gasteiger partial charge < -0.3 is 14.4 Å². The van der Waals surface area contributed by atoms with E-state index in [1.54, 1.807) is 31.3 Å². The molecule has 3 aromatic rings. The molecule has 0 saturated heterocycles. The number of aryl methyl sites for hydroxylation is 1. The molecule has 1 amide bonds. The minimum atomic E-state index is -0.616. The van der Waals surface area contributed by atoms with Gasteiger partial charge >= 0.3 is 5.97 Å². The Hall–Kier alpha value is -3.68. The second-order valence-electron chi connectivity index (χ2n) is 7.15. The standard InChI is InChI=1S/C22H21N3O5/c1-14-7-8-19-23-16(11-20(26)25(19)12-14)13-29-21(27)9-10-24-17-5-3-4-6-18(17)30-15(2)22(24)28/h3-8,11-12,15H,9-10,13H2,1-2H3/t15-/m1/s1. The number of anilines is 1. The van der Waals surface area contributed by atoms with E-state index in [0.29, 0.717) is 22.8 Å². The van der Waals surface area contributed by atoms with E-state index >= 15 is 0 Å². The number of amides is 1. The summed E-state index contributed by atoms with van der Waals surface area (Å²) in [6.07, 6.45) is 1.10. The van der Waals surface area contributed by atoms with Crippen LogP contribution in [0.5, 0.6) is 5.75 Å². The van der Waals surface area contributed by atoms with E-state index in [0.717, 1.165) is 5.56 Å². The average molecular weight is 407 g/mol. The maximum atomic E-state index is 12.5. The predicted octanol–water partition coefficient (Wildman–Crippen LogP) is 2.25. The van der Waals surface area contributed by atoms with Crippen LogP contribution in [0.25, 0.3) is 5.65 Å². The van der Waals surface area contributed by atoms with Gasteiger partial charge in [0.25, 0.3) is 11.5 Å². The summed E-state index contributed by atoms with van der Waals surface area (Å²) in [5.74, 6) is -0.0830. The molecular weight excluding hydrogens is 386 g/mol. The van der Waals surface area contributed by atoms with Gasteiger partial charge in [-0.2, -0.15) is 0 Å². The lowest BCUT2D eigenvalue weighted by Gasteiger charge is -2.32. The summed E-state index contributed by atoms with van der Waals surface area (Å²) in [6, 6.07) is 12.1. The molecule has 1 aliphatic rings. The van der Waals surface area contributed by atoms with E-state index in [1.165, 1.54) is 15.4 Å². The Balaban J connectivity index is 1.40. The lowest BCUT2D eigenvalue weighted by Crippen LogP contribution is -2.45. The SMILES string of the molecule is Cc1ccc2nc(COC(=O)CCN3C(=O)[C@@H](C)Oc4ccccc43)cc(=O)n2c1. The van der Waals surface area contributed by atoms with Crippen LogP contribution in [-0.2, 0) is 20.9 Å². The van der Waals surface area contributed by atoms with Crippen molar-refractivity contribution in [2.45, 2.75) is 33.0 Å². The number of para-hydroxylation sites is 2. The smallest absolute Gasteiger partial charge is 0.307 e. The molecule has 30 heavy (non-hydrogen) atoms. The van der Waals surface area contributed by atoms with Crippen molar-refractivity contribution in [2.75, 3.05) is 11.4 Å². The topological polar surface area (TPSA) is 90.2 Å². The summed E-state index contributed by atoms with van der Waals surface area (Å²) < 4.78 is 12.3. The van der Waals surface area contributed by atoms with E-state index in [-0.39, 0.29) is 31.0 Å². The molecule has 2 aromatic heterocycles. The summed E-state index contributed by atoms with van der Waals surface area (Å²) >= 11 is 0. The average Bonchev–Trinajstić information content (AvgIpc) is 2.73. The highest BCUT2D eigenvalue weighted by Gasteiger charge is 2.31. The molecule has 1 aromatic carbocycles. The van der Waals surface area contributed by atoms with Crippen LogP contribution in [0.1, 0.15) is 24.6 Å². The number of carbonyl (C=O) groups is 2. The molecular formula is C22H21N3O5. The monoisotopic (exact) mass is 407 g/mol. The first kappa shape index (κ1) is 19.6. The van der Waals surface area contributed by atoms with Crippen molar-refractivity contribution in [3.8, 4) is 5.75 Å². The third kappa shape index (κ3) is 3.89. The molecule has 0 N–H and O–H groups in total. The first-order valence-electron chi connectivity index (χ1n) is 9.64. The number of rotatable bonds is 5. The second kappa shape index (κ2) is 7.98. The Labute approximate surface area is 172 Å². The van der Waals surface area contributed by atoms with Gasteiger partial charge in [-0.25, -0.2) is 4.98 Å². The first-order chi connectivity index (χ1) is 14.4. The van der Waals surface area contributed by atoms with Gasteiger partial charge in [0.2, 0.25) is 0 Å². The molecule has 0 unspecified atom stereocenters. The van der Waals surface area contributed by atoms with E-state index < -0.39 is 12.1 Å². The van der Waals surface area contributed by atoms with Crippen LogP contribution >= 0.6 is 0 Å². The van der Waals surface area contributed by atoms with Crippen molar-refractivity contribution >= 4 is 23.2 Å². The zero-order valence-corrected chi connectivity index (χ0v) is 16.7. The molecule has 0 spiro atoms. The molecule has 4 rings (SSSR count). The lowest BCUT2D eigenvalue weighted by atomic mass is 10.2. The molecule has 0 saturated carbocycles. The maximum absolute atomic E-state index is 12.5. The molecule has 1 atom stereocenters. The minimum absolute atomic E-state index is 0.0125. The zero-order chi connectivity index (χ0) is 21.3. The van der Waals surface area contributed by atoms with Crippen molar-refractivity contribution in [3.05, 3.63) is 70.3 Å². The van der Waals surface area contributed by atoms with Gasteiger partial charge in [0, 0.05) is 18.8 Å². The van der Waals surface area contributed by atoms with Gasteiger partial charge in [-0.15, -0.1) is 0 Å². The van der Waals surface area contributed by atoms with Crippen molar-refractivity contribution in [3.63, 3.8) is 0 Å². The molecule has 0 radical (unpaired) electrons. The zero-order valence-electron chi connectivity index (χ0n) is 16.7. The highest BCUT2D eigenvalue weighted by Crippen LogP contribution is 2.33. The highest BCUT2D eigenvalue weighted by atomic mass is 16.5. The van der Waals surface area contributed by atoms with E-state index in [1.807, 2.05) is 25.1 Å². The quantitative estimate of drug-likeness (QED) is 0.603. The van der Waals surface area contributed by atoms with E-state index in [2.05, 4.69) is 4.98 Å². The van der Waals surface area contributed by atoms with Crippen LogP contribution in [0, 0.1) is 6.92 Å². The number of aromatic nitrogens is 2. The summed E-state index contributed by atoms with van der Waals surface area (Å²) in [5.41, 5.74) is 2.20. The Kier molecular flexibility index (Phi) is 5.22. The lowest BCUT2D eigenvalue weighted by molar-refractivity contribution is -0.144. The Morgan fingerprint density at radius 2 is 2.00 bits per heavy atom. The highest BCUT2D eigenvalue weighted by molar-refractivity contribution is 6.00. The number of nitrogens with zero attached hydrogens (tertiary/aromatic N) is 3. The van der Waals surface area contributed by atoms with Gasteiger partial charge in [0.1, 0.15) is 18.0 Å². The Morgan fingerprint density at radius 3 is 2.83 bits per heavy atom. The Bertz CT molecular complexity index is 1190. The molecule has 1 aliphatic heterocycles. The van der Waals surface area contributed by atoms with Gasteiger partial charge in [-0.1, -0.05) is 18.2 Å².